The normalized spacial score (nSPS) is 14.2. The van der Waals surface area contributed by atoms with Crippen molar-refractivity contribution < 1.29 is 14.3 Å². The molecule has 3 rings (SSSR count). The molecule has 120 valence electrons. The van der Waals surface area contributed by atoms with Crippen molar-refractivity contribution in [2.45, 2.75) is 19.4 Å². The van der Waals surface area contributed by atoms with Crippen molar-refractivity contribution in [3.8, 4) is 11.5 Å². The molecule has 1 atom stereocenters. The first-order chi connectivity index (χ1) is 11.1. The van der Waals surface area contributed by atoms with Crippen LogP contribution < -0.4 is 14.8 Å². The van der Waals surface area contributed by atoms with Gasteiger partial charge >= 0.3 is 0 Å². The number of hydrogen-bond acceptors (Lipinski definition) is 3. The van der Waals surface area contributed by atoms with E-state index in [0.717, 1.165) is 22.6 Å². The zero-order valence-corrected chi connectivity index (χ0v) is 13.6. The number of nitrogens with one attached hydrogen (secondary N) is 1. The summed E-state index contributed by atoms with van der Waals surface area (Å²) in [6, 6.07) is 12.9. The maximum Gasteiger partial charge on any atom is 0.224 e. The minimum absolute atomic E-state index is 0.0327. The number of carbonyl (C=O) groups excluding carboxylic acids is 1. The highest BCUT2D eigenvalue weighted by Gasteiger charge is 2.16. The van der Waals surface area contributed by atoms with E-state index in [1.54, 1.807) is 12.1 Å². The first-order valence-corrected chi connectivity index (χ1v) is 7.93. The Labute approximate surface area is 140 Å². The predicted octanol–water partition coefficient (Wildman–Crippen LogP) is 3.53. The lowest BCUT2D eigenvalue weighted by molar-refractivity contribution is -0.121. The van der Waals surface area contributed by atoms with Gasteiger partial charge in [-0.05, 0) is 42.3 Å². The molecule has 0 bridgehead atoms. The Morgan fingerprint density at radius 3 is 2.57 bits per heavy atom. The monoisotopic (exact) mass is 331 g/mol. The third kappa shape index (κ3) is 3.96. The van der Waals surface area contributed by atoms with Gasteiger partial charge in [-0.15, -0.1) is 0 Å². The second-order valence-electron chi connectivity index (χ2n) is 5.50. The number of amides is 1. The summed E-state index contributed by atoms with van der Waals surface area (Å²) >= 11 is 5.85. The topological polar surface area (TPSA) is 47.6 Å². The van der Waals surface area contributed by atoms with Crippen molar-refractivity contribution >= 4 is 17.5 Å². The highest BCUT2D eigenvalue weighted by molar-refractivity contribution is 6.30. The third-order valence-corrected chi connectivity index (χ3v) is 3.97. The van der Waals surface area contributed by atoms with Crippen LogP contribution in [0.1, 0.15) is 24.1 Å². The summed E-state index contributed by atoms with van der Waals surface area (Å²) in [6.45, 7) is 3.07. The molecule has 1 aliphatic rings. The van der Waals surface area contributed by atoms with Crippen LogP contribution in [0.2, 0.25) is 5.02 Å². The van der Waals surface area contributed by atoms with Gasteiger partial charge in [-0.25, -0.2) is 0 Å². The molecule has 2 aromatic carbocycles. The molecule has 1 heterocycles. The van der Waals surface area contributed by atoms with Crippen LogP contribution in [0.25, 0.3) is 0 Å². The fourth-order valence-corrected chi connectivity index (χ4v) is 2.62. The van der Waals surface area contributed by atoms with E-state index in [1.165, 1.54) is 0 Å². The van der Waals surface area contributed by atoms with Crippen LogP contribution in [0.3, 0.4) is 0 Å². The number of carbonyl (C=O) groups is 1. The minimum Gasteiger partial charge on any atom is -0.486 e. The number of benzene rings is 2. The zero-order valence-electron chi connectivity index (χ0n) is 12.8. The molecule has 1 unspecified atom stereocenters. The Morgan fingerprint density at radius 2 is 1.83 bits per heavy atom. The van der Waals surface area contributed by atoms with Crippen molar-refractivity contribution in [3.63, 3.8) is 0 Å². The summed E-state index contributed by atoms with van der Waals surface area (Å²) in [5.41, 5.74) is 1.92. The van der Waals surface area contributed by atoms with E-state index >= 15 is 0 Å². The maximum atomic E-state index is 12.2. The Hall–Kier alpha value is -2.20. The van der Waals surface area contributed by atoms with E-state index in [4.69, 9.17) is 21.1 Å². The summed E-state index contributed by atoms with van der Waals surface area (Å²) < 4.78 is 11.1. The molecule has 2 aromatic rings. The minimum atomic E-state index is -0.106. The molecule has 0 aromatic heterocycles. The second kappa shape index (κ2) is 6.92. The fourth-order valence-electron chi connectivity index (χ4n) is 2.49. The highest BCUT2D eigenvalue weighted by atomic mass is 35.5. The number of ether oxygens (including phenoxy) is 2. The van der Waals surface area contributed by atoms with Crippen LogP contribution in [-0.4, -0.2) is 19.1 Å². The van der Waals surface area contributed by atoms with E-state index in [9.17, 15) is 4.79 Å². The van der Waals surface area contributed by atoms with Gasteiger partial charge in [0.1, 0.15) is 13.2 Å². The molecule has 1 aliphatic heterocycles. The first-order valence-electron chi connectivity index (χ1n) is 7.55. The molecule has 0 radical (unpaired) electrons. The van der Waals surface area contributed by atoms with E-state index in [1.807, 2.05) is 37.3 Å². The van der Waals surface area contributed by atoms with Crippen LogP contribution >= 0.6 is 11.6 Å². The summed E-state index contributed by atoms with van der Waals surface area (Å²) in [7, 11) is 0. The van der Waals surface area contributed by atoms with Gasteiger partial charge in [-0.2, -0.15) is 0 Å². The lowest BCUT2D eigenvalue weighted by Gasteiger charge is -2.21. The molecule has 1 N–H and O–H groups in total. The Balaban J connectivity index is 1.63. The average molecular weight is 332 g/mol. The van der Waals surface area contributed by atoms with E-state index in [-0.39, 0.29) is 11.9 Å². The van der Waals surface area contributed by atoms with Crippen LogP contribution in [0.15, 0.2) is 42.5 Å². The van der Waals surface area contributed by atoms with Gasteiger partial charge in [0.05, 0.1) is 12.5 Å². The lowest BCUT2D eigenvalue weighted by atomic mass is 10.1. The van der Waals surface area contributed by atoms with E-state index < -0.39 is 0 Å². The largest absolute Gasteiger partial charge is 0.486 e. The van der Waals surface area contributed by atoms with Gasteiger partial charge in [0.2, 0.25) is 5.91 Å². The van der Waals surface area contributed by atoms with Gasteiger partial charge < -0.3 is 14.8 Å². The van der Waals surface area contributed by atoms with Crippen molar-refractivity contribution in [1.82, 2.24) is 5.32 Å². The standard InChI is InChI=1S/C18H18ClNO3/c1-12(14-4-7-16-17(11-14)23-9-8-22-16)20-18(21)10-13-2-5-15(19)6-3-13/h2-7,11-12H,8-10H2,1H3,(H,20,21). The highest BCUT2D eigenvalue weighted by Crippen LogP contribution is 2.32. The smallest absolute Gasteiger partial charge is 0.224 e. The van der Waals surface area contributed by atoms with Crippen molar-refractivity contribution in [1.29, 1.82) is 0 Å². The van der Waals surface area contributed by atoms with Gasteiger partial charge in [0.25, 0.3) is 0 Å². The molecule has 0 spiro atoms. The second-order valence-corrected chi connectivity index (χ2v) is 5.93. The summed E-state index contributed by atoms with van der Waals surface area (Å²) in [4.78, 5) is 12.2. The average Bonchev–Trinajstić information content (AvgIpc) is 2.56. The van der Waals surface area contributed by atoms with Crippen LogP contribution in [0, 0.1) is 0 Å². The Kier molecular flexibility index (Phi) is 4.72. The molecule has 5 heteroatoms. The lowest BCUT2D eigenvalue weighted by Crippen LogP contribution is -2.28. The number of hydrogen-bond donors (Lipinski definition) is 1. The molecule has 0 saturated carbocycles. The van der Waals surface area contributed by atoms with Gasteiger partial charge in [0.15, 0.2) is 11.5 Å². The predicted molar refractivity (Wildman–Crippen MR) is 89.1 cm³/mol. The first kappa shape index (κ1) is 15.7. The van der Waals surface area contributed by atoms with Crippen molar-refractivity contribution in [3.05, 3.63) is 58.6 Å². The van der Waals surface area contributed by atoms with Gasteiger partial charge in [-0.3, -0.25) is 4.79 Å². The fraction of sp³-hybridized carbons (Fsp3) is 0.278. The molecule has 23 heavy (non-hydrogen) atoms. The molecular formula is C18H18ClNO3. The molecule has 0 fully saturated rings. The number of rotatable bonds is 4. The SMILES string of the molecule is CC(NC(=O)Cc1ccc(Cl)cc1)c1ccc2c(c1)OCCO2. The zero-order chi connectivity index (χ0) is 16.2. The summed E-state index contributed by atoms with van der Waals surface area (Å²) in [6.07, 6.45) is 0.325. The Bertz CT molecular complexity index is 700. The maximum absolute atomic E-state index is 12.2. The quantitative estimate of drug-likeness (QED) is 0.932. The summed E-state index contributed by atoms with van der Waals surface area (Å²) in [5.74, 6) is 1.45. The van der Waals surface area contributed by atoms with Crippen LogP contribution in [0.5, 0.6) is 11.5 Å². The van der Waals surface area contributed by atoms with Gasteiger partial charge in [-0.1, -0.05) is 29.8 Å². The molecule has 1 amide bonds. The van der Waals surface area contributed by atoms with E-state index in [0.29, 0.717) is 24.7 Å². The van der Waals surface area contributed by atoms with E-state index in [2.05, 4.69) is 5.32 Å². The third-order valence-electron chi connectivity index (χ3n) is 3.72. The molecule has 0 saturated heterocycles. The summed E-state index contributed by atoms with van der Waals surface area (Å²) in [5, 5.41) is 3.66. The molecule has 0 aliphatic carbocycles. The Morgan fingerprint density at radius 1 is 1.13 bits per heavy atom. The molecule has 4 nitrogen and oxygen atoms in total. The number of halogens is 1. The molecular weight excluding hydrogens is 314 g/mol. The van der Waals surface area contributed by atoms with Crippen LogP contribution in [0.4, 0.5) is 0 Å². The van der Waals surface area contributed by atoms with Crippen molar-refractivity contribution in [2.75, 3.05) is 13.2 Å². The van der Waals surface area contributed by atoms with Crippen LogP contribution in [-0.2, 0) is 11.2 Å². The van der Waals surface area contributed by atoms with Crippen molar-refractivity contribution in [2.24, 2.45) is 0 Å². The number of fused-ring (bicyclic) bond motifs is 1. The van der Waals surface area contributed by atoms with Gasteiger partial charge in [0, 0.05) is 5.02 Å².